The predicted molar refractivity (Wildman–Crippen MR) is 75.8 cm³/mol. The third-order valence-electron chi connectivity index (χ3n) is 4.24. The van der Waals surface area contributed by atoms with Gasteiger partial charge in [-0.1, -0.05) is 18.5 Å². The zero-order chi connectivity index (χ0) is 13.6. The largest absolute Gasteiger partial charge is 0.391 e. The fourth-order valence-corrected chi connectivity index (χ4v) is 2.74. The van der Waals surface area contributed by atoms with Crippen LogP contribution in [0.1, 0.15) is 43.5 Å². The molecule has 2 heterocycles. The first-order chi connectivity index (χ1) is 9.06. The van der Waals surface area contributed by atoms with Crippen molar-refractivity contribution < 1.29 is 5.11 Å². The number of aliphatic hydroxyl groups excluding tert-OH is 1. The van der Waals surface area contributed by atoms with Crippen LogP contribution in [0.3, 0.4) is 0 Å². The van der Waals surface area contributed by atoms with Gasteiger partial charge in [-0.25, -0.2) is 9.97 Å². The maximum atomic E-state index is 10.0. The van der Waals surface area contributed by atoms with Crippen LogP contribution in [0.5, 0.6) is 0 Å². The molecule has 2 atom stereocenters. The van der Waals surface area contributed by atoms with Crippen molar-refractivity contribution in [1.29, 1.82) is 0 Å². The smallest absolute Gasteiger partial charge is 0.137 e. The molecule has 0 spiro atoms. The molecule has 0 amide bonds. The highest BCUT2D eigenvalue weighted by atomic mass is 35.5. The Kier molecular flexibility index (Phi) is 3.39. The maximum Gasteiger partial charge on any atom is 0.137 e. The van der Waals surface area contributed by atoms with Crippen LogP contribution in [-0.2, 0) is 0 Å². The number of piperidine rings is 1. The van der Waals surface area contributed by atoms with E-state index in [1.807, 2.05) is 6.92 Å². The second kappa shape index (κ2) is 4.91. The Balaban J connectivity index is 1.90. The summed E-state index contributed by atoms with van der Waals surface area (Å²) >= 11 is 6.23. The molecule has 19 heavy (non-hydrogen) atoms. The van der Waals surface area contributed by atoms with Gasteiger partial charge in [-0.15, -0.1) is 0 Å². The quantitative estimate of drug-likeness (QED) is 0.847. The summed E-state index contributed by atoms with van der Waals surface area (Å²) in [6, 6.07) is 0. The van der Waals surface area contributed by atoms with Gasteiger partial charge in [0.25, 0.3) is 0 Å². The molecule has 1 N–H and O–H groups in total. The van der Waals surface area contributed by atoms with Crippen molar-refractivity contribution >= 4 is 17.4 Å². The molecule has 4 nitrogen and oxygen atoms in total. The first kappa shape index (κ1) is 13.1. The summed E-state index contributed by atoms with van der Waals surface area (Å²) in [5.41, 5.74) is 0.924. The number of halogens is 1. The number of hydrogen-bond acceptors (Lipinski definition) is 4. The first-order valence-corrected chi connectivity index (χ1v) is 7.41. The molecular formula is C14H20ClN3O. The van der Waals surface area contributed by atoms with Crippen molar-refractivity contribution in [2.75, 3.05) is 18.0 Å². The van der Waals surface area contributed by atoms with E-state index in [1.54, 1.807) is 0 Å². The molecule has 2 unspecified atom stereocenters. The first-order valence-electron chi connectivity index (χ1n) is 7.03. The van der Waals surface area contributed by atoms with Gasteiger partial charge in [0, 0.05) is 24.6 Å². The SMILES string of the molecule is Cc1c(Cl)nc(C2CC2)nc1N1CCC(C)C(O)C1. The second-order valence-electron chi connectivity index (χ2n) is 5.87. The summed E-state index contributed by atoms with van der Waals surface area (Å²) < 4.78 is 0. The molecule has 1 aromatic heterocycles. The van der Waals surface area contributed by atoms with E-state index in [0.717, 1.165) is 30.2 Å². The summed E-state index contributed by atoms with van der Waals surface area (Å²) in [4.78, 5) is 11.2. The molecule has 0 bridgehead atoms. The number of aromatic nitrogens is 2. The molecule has 2 fully saturated rings. The lowest BCUT2D eigenvalue weighted by atomic mass is 9.96. The molecule has 0 aromatic carbocycles. The number of hydrogen-bond donors (Lipinski definition) is 1. The fraction of sp³-hybridized carbons (Fsp3) is 0.714. The molecule has 3 rings (SSSR count). The number of β-amino-alcohol motifs (C(OH)–C–C–N with tert-alkyl or cyclic N) is 1. The second-order valence-corrected chi connectivity index (χ2v) is 6.23. The fourth-order valence-electron chi connectivity index (χ4n) is 2.57. The van der Waals surface area contributed by atoms with E-state index >= 15 is 0 Å². The molecule has 5 heteroatoms. The monoisotopic (exact) mass is 281 g/mol. The standard InChI is InChI=1S/C14H20ClN3O/c1-8-5-6-18(7-11(8)19)14-9(2)12(15)16-13(17-14)10-3-4-10/h8,10-11,19H,3-7H2,1-2H3. The molecule has 1 aromatic rings. The maximum absolute atomic E-state index is 10.0. The zero-order valence-corrected chi connectivity index (χ0v) is 12.2. The van der Waals surface area contributed by atoms with Crippen molar-refractivity contribution in [3.05, 3.63) is 16.5 Å². The summed E-state index contributed by atoms with van der Waals surface area (Å²) in [6.45, 7) is 5.62. The van der Waals surface area contributed by atoms with Crippen molar-refractivity contribution in [3.63, 3.8) is 0 Å². The topological polar surface area (TPSA) is 49.2 Å². The van der Waals surface area contributed by atoms with Crippen LogP contribution in [0.15, 0.2) is 0 Å². The van der Waals surface area contributed by atoms with Crippen LogP contribution < -0.4 is 4.90 Å². The lowest BCUT2D eigenvalue weighted by Crippen LogP contribution is -2.43. The third-order valence-corrected chi connectivity index (χ3v) is 4.61. The third kappa shape index (κ3) is 2.56. The Morgan fingerprint density at radius 3 is 2.63 bits per heavy atom. The van der Waals surface area contributed by atoms with Crippen molar-refractivity contribution in [2.45, 2.75) is 45.1 Å². The van der Waals surface area contributed by atoms with Gasteiger partial charge in [0.15, 0.2) is 0 Å². The van der Waals surface area contributed by atoms with E-state index in [-0.39, 0.29) is 6.10 Å². The Morgan fingerprint density at radius 1 is 1.26 bits per heavy atom. The van der Waals surface area contributed by atoms with E-state index in [9.17, 15) is 5.11 Å². The average molecular weight is 282 g/mol. The summed E-state index contributed by atoms with van der Waals surface area (Å²) in [7, 11) is 0. The van der Waals surface area contributed by atoms with E-state index in [0.29, 0.717) is 23.5 Å². The minimum atomic E-state index is -0.286. The minimum absolute atomic E-state index is 0.286. The summed E-state index contributed by atoms with van der Waals surface area (Å²) in [5, 5.41) is 10.6. The van der Waals surface area contributed by atoms with Crippen molar-refractivity contribution in [3.8, 4) is 0 Å². The zero-order valence-electron chi connectivity index (χ0n) is 11.4. The molecular weight excluding hydrogens is 262 g/mol. The summed E-state index contributed by atoms with van der Waals surface area (Å²) in [5.74, 6) is 2.63. The van der Waals surface area contributed by atoms with Gasteiger partial charge >= 0.3 is 0 Å². The van der Waals surface area contributed by atoms with Crippen LogP contribution in [-0.4, -0.2) is 34.3 Å². The normalized spacial score (nSPS) is 27.7. The van der Waals surface area contributed by atoms with E-state index < -0.39 is 0 Å². The predicted octanol–water partition coefficient (Wildman–Crippen LogP) is 2.52. The van der Waals surface area contributed by atoms with E-state index in [2.05, 4.69) is 16.8 Å². The Hall–Kier alpha value is -0.870. The molecule has 1 saturated carbocycles. The van der Waals surface area contributed by atoms with E-state index in [1.165, 1.54) is 12.8 Å². The van der Waals surface area contributed by atoms with Gasteiger partial charge in [-0.05, 0) is 32.1 Å². The number of nitrogens with zero attached hydrogens (tertiary/aromatic N) is 3. The van der Waals surface area contributed by atoms with Crippen LogP contribution in [0.4, 0.5) is 5.82 Å². The van der Waals surface area contributed by atoms with Gasteiger partial charge in [-0.3, -0.25) is 0 Å². The van der Waals surface area contributed by atoms with Gasteiger partial charge in [0.1, 0.15) is 16.8 Å². The molecule has 0 radical (unpaired) electrons. The Bertz CT molecular complexity index is 490. The lowest BCUT2D eigenvalue weighted by Gasteiger charge is -2.35. The minimum Gasteiger partial charge on any atom is -0.391 e. The molecule has 1 aliphatic carbocycles. The van der Waals surface area contributed by atoms with Crippen LogP contribution in [0.25, 0.3) is 0 Å². The molecule has 1 aliphatic heterocycles. The number of rotatable bonds is 2. The highest BCUT2D eigenvalue weighted by Gasteiger charge is 2.31. The number of aliphatic hydroxyl groups is 1. The van der Waals surface area contributed by atoms with Gasteiger partial charge < -0.3 is 10.0 Å². The molecule has 1 saturated heterocycles. The Labute approximate surface area is 118 Å². The Morgan fingerprint density at radius 2 is 2.00 bits per heavy atom. The van der Waals surface area contributed by atoms with Crippen LogP contribution in [0, 0.1) is 12.8 Å². The van der Waals surface area contributed by atoms with Crippen LogP contribution in [0.2, 0.25) is 5.15 Å². The van der Waals surface area contributed by atoms with Gasteiger partial charge in [0.05, 0.1) is 6.10 Å². The average Bonchev–Trinajstić information content (AvgIpc) is 3.20. The highest BCUT2D eigenvalue weighted by molar-refractivity contribution is 6.30. The molecule has 2 aliphatic rings. The highest BCUT2D eigenvalue weighted by Crippen LogP contribution is 2.40. The number of anilines is 1. The van der Waals surface area contributed by atoms with Crippen molar-refractivity contribution in [2.24, 2.45) is 5.92 Å². The van der Waals surface area contributed by atoms with Gasteiger partial charge in [-0.2, -0.15) is 0 Å². The van der Waals surface area contributed by atoms with Crippen molar-refractivity contribution in [1.82, 2.24) is 9.97 Å². The summed E-state index contributed by atoms with van der Waals surface area (Å²) in [6.07, 6.45) is 3.03. The van der Waals surface area contributed by atoms with Gasteiger partial charge in [0.2, 0.25) is 0 Å². The van der Waals surface area contributed by atoms with Crippen LogP contribution >= 0.6 is 11.6 Å². The molecule has 104 valence electrons. The lowest BCUT2D eigenvalue weighted by molar-refractivity contribution is 0.102. The van der Waals surface area contributed by atoms with E-state index in [4.69, 9.17) is 16.6 Å².